The van der Waals surface area contributed by atoms with Crippen molar-refractivity contribution in [2.45, 2.75) is 6.92 Å². The first-order valence-corrected chi connectivity index (χ1v) is 6.05. The zero-order valence-corrected chi connectivity index (χ0v) is 11.4. The van der Waals surface area contributed by atoms with E-state index in [0.29, 0.717) is 6.61 Å². The molecule has 0 aliphatic heterocycles. The monoisotopic (exact) mass is 312 g/mol. The molecular formula is C10H9ClN6O4. The second-order valence-corrected chi connectivity index (χ2v) is 4.00. The van der Waals surface area contributed by atoms with Crippen LogP contribution >= 0.6 is 11.6 Å². The molecule has 2 N–H and O–H groups in total. The van der Waals surface area contributed by atoms with Gasteiger partial charge in [-0.25, -0.2) is 10.1 Å². The highest BCUT2D eigenvalue weighted by Gasteiger charge is 2.18. The van der Waals surface area contributed by atoms with Gasteiger partial charge < -0.3 is 4.74 Å². The minimum atomic E-state index is -0.713. The lowest BCUT2D eigenvalue weighted by atomic mass is 10.2. The summed E-state index contributed by atoms with van der Waals surface area (Å²) in [6, 6.07) is 1.08. The highest BCUT2D eigenvalue weighted by molar-refractivity contribution is 6.33. The molecule has 0 unspecified atom stereocenters. The Kier molecular flexibility index (Phi) is 4.28. The quantitative estimate of drug-likeness (QED) is 0.484. The van der Waals surface area contributed by atoms with Gasteiger partial charge in [-0.15, -0.1) is 5.10 Å². The van der Waals surface area contributed by atoms with E-state index in [1.807, 2.05) is 0 Å². The van der Waals surface area contributed by atoms with Crippen molar-refractivity contribution in [2.24, 2.45) is 0 Å². The maximum absolute atomic E-state index is 12.0. The first kappa shape index (κ1) is 14.7. The number of carbonyl (C=O) groups is 1. The molecule has 0 bridgehead atoms. The van der Waals surface area contributed by atoms with Gasteiger partial charge in [-0.3, -0.25) is 20.2 Å². The van der Waals surface area contributed by atoms with E-state index < -0.39 is 10.8 Å². The number of hydrogen-bond donors (Lipinski definition) is 2. The van der Waals surface area contributed by atoms with Crippen LogP contribution in [-0.2, 0) is 0 Å². The average Bonchev–Trinajstić information content (AvgIpc) is 2.86. The first-order valence-electron chi connectivity index (χ1n) is 5.67. The third-order valence-electron chi connectivity index (χ3n) is 2.25. The van der Waals surface area contributed by atoms with Crippen molar-refractivity contribution in [3.8, 4) is 6.01 Å². The predicted octanol–water partition coefficient (Wildman–Crippen LogP) is 1.41. The van der Waals surface area contributed by atoms with Crippen molar-refractivity contribution >= 4 is 29.1 Å². The highest BCUT2D eigenvalue weighted by Crippen LogP contribution is 2.20. The van der Waals surface area contributed by atoms with Gasteiger partial charge >= 0.3 is 6.01 Å². The topological polar surface area (TPSA) is 136 Å². The van der Waals surface area contributed by atoms with E-state index in [1.165, 1.54) is 0 Å². The molecule has 2 rings (SSSR count). The summed E-state index contributed by atoms with van der Waals surface area (Å²) in [6.07, 6.45) is 0.959. The summed E-state index contributed by atoms with van der Waals surface area (Å²) in [6.45, 7) is 2.12. The van der Waals surface area contributed by atoms with E-state index in [-0.39, 0.29) is 28.4 Å². The molecule has 0 aliphatic carbocycles. The fraction of sp³-hybridized carbons (Fsp3) is 0.200. The number of rotatable bonds is 5. The van der Waals surface area contributed by atoms with Gasteiger partial charge in [-0.1, -0.05) is 11.6 Å². The molecule has 0 aromatic carbocycles. The Morgan fingerprint density at radius 2 is 2.38 bits per heavy atom. The lowest BCUT2D eigenvalue weighted by Crippen LogP contribution is -2.14. The second-order valence-electron chi connectivity index (χ2n) is 3.64. The molecule has 11 heteroatoms. The van der Waals surface area contributed by atoms with Gasteiger partial charge in [0.1, 0.15) is 11.3 Å². The molecule has 0 saturated heterocycles. The van der Waals surface area contributed by atoms with Crippen molar-refractivity contribution in [1.82, 2.24) is 20.2 Å². The summed E-state index contributed by atoms with van der Waals surface area (Å²) >= 11 is 5.75. The average molecular weight is 313 g/mol. The second kappa shape index (κ2) is 6.13. The molecule has 21 heavy (non-hydrogen) atoms. The maximum Gasteiger partial charge on any atom is 0.337 e. The van der Waals surface area contributed by atoms with Crippen LogP contribution in [0.15, 0.2) is 12.3 Å². The minimum Gasteiger partial charge on any atom is -0.463 e. The molecule has 0 fully saturated rings. The molecule has 1 amide bonds. The normalized spacial score (nSPS) is 10.2. The summed E-state index contributed by atoms with van der Waals surface area (Å²) < 4.78 is 5.02. The third-order valence-corrected chi connectivity index (χ3v) is 2.55. The van der Waals surface area contributed by atoms with Crippen molar-refractivity contribution < 1.29 is 14.5 Å². The van der Waals surface area contributed by atoms with Gasteiger partial charge in [0.25, 0.3) is 11.6 Å². The lowest BCUT2D eigenvalue weighted by molar-refractivity contribution is -0.385. The molecule has 2 aromatic rings. The van der Waals surface area contributed by atoms with Crippen LogP contribution in [0.25, 0.3) is 0 Å². The SMILES string of the molecule is CCOc1n[nH]c(NC(=O)c2cc([N+](=O)[O-])cnc2Cl)n1. The summed E-state index contributed by atoms with van der Waals surface area (Å²) in [4.78, 5) is 29.4. The highest BCUT2D eigenvalue weighted by atomic mass is 35.5. The minimum absolute atomic E-state index is 0.0195. The number of nitrogens with one attached hydrogen (secondary N) is 2. The number of ether oxygens (including phenoxy) is 1. The van der Waals surface area contributed by atoms with Crippen molar-refractivity contribution in [1.29, 1.82) is 0 Å². The van der Waals surface area contributed by atoms with Gasteiger partial charge in [-0.05, 0) is 6.92 Å². The van der Waals surface area contributed by atoms with Crippen LogP contribution in [0.3, 0.4) is 0 Å². The predicted molar refractivity (Wildman–Crippen MR) is 71.4 cm³/mol. The summed E-state index contributed by atoms with van der Waals surface area (Å²) in [7, 11) is 0. The number of nitrogens with zero attached hydrogens (tertiary/aromatic N) is 4. The van der Waals surface area contributed by atoms with E-state index in [1.54, 1.807) is 6.92 Å². The first-order chi connectivity index (χ1) is 10.0. The Balaban J connectivity index is 2.19. The molecule has 0 spiro atoms. The zero-order chi connectivity index (χ0) is 15.4. The smallest absolute Gasteiger partial charge is 0.337 e. The molecule has 0 aliphatic rings. The van der Waals surface area contributed by atoms with Gasteiger partial charge in [-0.2, -0.15) is 4.98 Å². The van der Waals surface area contributed by atoms with Crippen LogP contribution in [0, 0.1) is 10.1 Å². The fourth-order valence-corrected chi connectivity index (χ4v) is 1.56. The number of hydrogen-bond acceptors (Lipinski definition) is 7. The summed E-state index contributed by atoms with van der Waals surface area (Å²) in [5, 5.41) is 19.0. The standard InChI is InChI=1S/C10H9ClN6O4/c1-2-21-10-14-9(15-16-10)13-8(18)6-3-5(17(19)20)4-12-7(6)11/h3-4H,2H2,1H3,(H2,13,14,15,16,18). The Bertz CT molecular complexity index is 688. The molecular weight excluding hydrogens is 304 g/mol. The van der Waals surface area contributed by atoms with E-state index in [2.05, 4.69) is 25.5 Å². The third kappa shape index (κ3) is 3.42. The van der Waals surface area contributed by atoms with Crippen LogP contribution in [0.5, 0.6) is 6.01 Å². The van der Waals surface area contributed by atoms with Crippen LogP contribution in [-0.4, -0.2) is 37.6 Å². The molecule has 2 aromatic heterocycles. The molecule has 0 saturated carbocycles. The van der Waals surface area contributed by atoms with E-state index in [9.17, 15) is 14.9 Å². The number of aromatic amines is 1. The fourth-order valence-electron chi connectivity index (χ4n) is 1.37. The summed E-state index contributed by atoms with van der Waals surface area (Å²) in [5.41, 5.74) is -0.502. The van der Waals surface area contributed by atoms with Gasteiger partial charge in [0.05, 0.1) is 17.1 Å². The number of aromatic nitrogens is 4. The van der Waals surface area contributed by atoms with Crippen LogP contribution in [0.4, 0.5) is 11.6 Å². The Labute approximate surface area is 122 Å². The van der Waals surface area contributed by atoms with E-state index in [0.717, 1.165) is 12.3 Å². The molecule has 110 valence electrons. The van der Waals surface area contributed by atoms with Gasteiger partial charge in [0, 0.05) is 6.07 Å². The summed E-state index contributed by atoms with van der Waals surface area (Å²) in [5.74, 6) is -0.693. The van der Waals surface area contributed by atoms with Gasteiger partial charge in [0.2, 0.25) is 5.95 Å². The van der Waals surface area contributed by atoms with Crippen molar-refractivity contribution in [3.05, 3.63) is 33.1 Å². The van der Waals surface area contributed by atoms with Crippen molar-refractivity contribution in [2.75, 3.05) is 11.9 Å². The molecule has 2 heterocycles. The largest absolute Gasteiger partial charge is 0.463 e. The molecule has 0 radical (unpaired) electrons. The number of amides is 1. The number of pyridine rings is 1. The number of nitro groups is 1. The molecule has 10 nitrogen and oxygen atoms in total. The number of anilines is 1. The van der Waals surface area contributed by atoms with E-state index >= 15 is 0 Å². The number of carbonyl (C=O) groups excluding carboxylic acids is 1. The maximum atomic E-state index is 12.0. The van der Waals surface area contributed by atoms with Crippen LogP contribution in [0.1, 0.15) is 17.3 Å². The van der Waals surface area contributed by atoms with Crippen LogP contribution in [0.2, 0.25) is 5.15 Å². The molecule has 0 atom stereocenters. The number of H-pyrrole nitrogens is 1. The van der Waals surface area contributed by atoms with Gasteiger partial charge in [0.15, 0.2) is 0 Å². The Morgan fingerprint density at radius 3 is 3.05 bits per heavy atom. The van der Waals surface area contributed by atoms with E-state index in [4.69, 9.17) is 16.3 Å². The zero-order valence-electron chi connectivity index (χ0n) is 10.7. The van der Waals surface area contributed by atoms with Crippen molar-refractivity contribution in [3.63, 3.8) is 0 Å². The van der Waals surface area contributed by atoms with Crippen LogP contribution < -0.4 is 10.1 Å². The Morgan fingerprint density at radius 1 is 1.62 bits per heavy atom. The number of halogens is 1. The lowest BCUT2D eigenvalue weighted by Gasteiger charge is -2.02. The Hall–Kier alpha value is -2.75.